The van der Waals surface area contributed by atoms with E-state index < -0.39 is 0 Å². The van der Waals surface area contributed by atoms with Crippen molar-refractivity contribution in [3.05, 3.63) is 23.4 Å². The number of anilines is 1. The molecule has 0 fully saturated rings. The lowest BCUT2D eigenvalue weighted by Gasteiger charge is -2.36. The maximum atomic E-state index is 5.65. The predicted octanol–water partition coefficient (Wildman–Crippen LogP) is 2.72. The standard InChI is InChI=1S/C14H25N3/c1-10-12(9-15)7-8-13(16-10)17(6)11(2)14(3,4)5/h7-8,11H,9,15H2,1-6H3. The van der Waals surface area contributed by atoms with E-state index in [-0.39, 0.29) is 5.41 Å². The van der Waals surface area contributed by atoms with Gasteiger partial charge in [-0.25, -0.2) is 4.98 Å². The average Bonchev–Trinajstić information content (AvgIpc) is 2.25. The summed E-state index contributed by atoms with van der Waals surface area (Å²) in [5, 5.41) is 0. The van der Waals surface area contributed by atoms with Crippen LogP contribution in [0.25, 0.3) is 0 Å². The molecule has 2 N–H and O–H groups in total. The molecule has 3 nitrogen and oxygen atoms in total. The first-order chi connectivity index (χ1) is 7.77. The van der Waals surface area contributed by atoms with E-state index in [1.807, 2.05) is 6.92 Å². The number of pyridine rings is 1. The highest BCUT2D eigenvalue weighted by Crippen LogP contribution is 2.26. The van der Waals surface area contributed by atoms with Crippen molar-refractivity contribution < 1.29 is 0 Å². The summed E-state index contributed by atoms with van der Waals surface area (Å²) in [6.07, 6.45) is 0. The van der Waals surface area contributed by atoms with Gasteiger partial charge in [-0.15, -0.1) is 0 Å². The fourth-order valence-corrected chi connectivity index (χ4v) is 1.77. The molecule has 0 spiro atoms. The molecule has 1 rings (SSSR count). The smallest absolute Gasteiger partial charge is 0.128 e. The summed E-state index contributed by atoms with van der Waals surface area (Å²) in [6.45, 7) is 11.5. The van der Waals surface area contributed by atoms with Gasteiger partial charge in [-0.05, 0) is 30.9 Å². The number of rotatable bonds is 3. The second-order valence-corrected chi connectivity index (χ2v) is 5.77. The van der Waals surface area contributed by atoms with Crippen molar-refractivity contribution in [2.45, 2.75) is 47.2 Å². The van der Waals surface area contributed by atoms with Crippen molar-refractivity contribution in [3.8, 4) is 0 Å². The molecule has 1 aromatic rings. The number of aromatic nitrogens is 1. The zero-order chi connectivity index (χ0) is 13.2. The highest BCUT2D eigenvalue weighted by Gasteiger charge is 2.24. The zero-order valence-electron chi connectivity index (χ0n) is 11.9. The van der Waals surface area contributed by atoms with Crippen LogP contribution in [0, 0.1) is 12.3 Å². The molecule has 0 saturated carbocycles. The third-order valence-electron chi connectivity index (χ3n) is 3.60. The lowest BCUT2D eigenvalue weighted by atomic mass is 9.87. The molecule has 0 aliphatic heterocycles. The quantitative estimate of drug-likeness (QED) is 0.876. The summed E-state index contributed by atoms with van der Waals surface area (Å²) >= 11 is 0. The van der Waals surface area contributed by atoms with Gasteiger partial charge >= 0.3 is 0 Å². The van der Waals surface area contributed by atoms with Gasteiger partial charge in [-0.2, -0.15) is 0 Å². The van der Waals surface area contributed by atoms with Gasteiger partial charge in [0.2, 0.25) is 0 Å². The summed E-state index contributed by atoms with van der Waals surface area (Å²) < 4.78 is 0. The SMILES string of the molecule is Cc1nc(N(C)C(C)C(C)(C)C)ccc1CN. The fraction of sp³-hybridized carbons (Fsp3) is 0.643. The molecule has 17 heavy (non-hydrogen) atoms. The first kappa shape index (κ1) is 14.0. The molecular weight excluding hydrogens is 210 g/mol. The molecule has 0 aliphatic carbocycles. The van der Waals surface area contributed by atoms with Crippen molar-refractivity contribution in [3.63, 3.8) is 0 Å². The summed E-state index contributed by atoms with van der Waals surface area (Å²) in [5.41, 5.74) is 8.03. The molecular formula is C14H25N3. The summed E-state index contributed by atoms with van der Waals surface area (Å²) in [5.74, 6) is 1.02. The van der Waals surface area contributed by atoms with E-state index >= 15 is 0 Å². The highest BCUT2D eigenvalue weighted by molar-refractivity contribution is 5.42. The molecule has 0 saturated heterocycles. The normalized spacial score (nSPS) is 13.6. The lowest BCUT2D eigenvalue weighted by molar-refractivity contribution is 0.328. The Morgan fingerprint density at radius 2 is 1.94 bits per heavy atom. The van der Waals surface area contributed by atoms with Gasteiger partial charge < -0.3 is 10.6 Å². The van der Waals surface area contributed by atoms with Crippen LogP contribution in [0.15, 0.2) is 12.1 Å². The molecule has 1 unspecified atom stereocenters. The van der Waals surface area contributed by atoms with E-state index in [0.717, 1.165) is 17.1 Å². The number of aryl methyl sites for hydroxylation is 1. The lowest BCUT2D eigenvalue weighted by Crippen LogP contribution is -2.39. The predicted molar refractivity (Wildman–Crippen MR) is 74.2 cm³/mol. The number of nitrogens with two attached hydrogens (primary N) is 1. The van der Waals surface area contributed by atoms with Crippen molar-refractivity contribution in [1.82, 2.24) is 4.98 Å². The third kappa shape index (κ3) is 3.19. The van der Waals surface area contributed by atoms with Crippen molar-refractivity contribution >= 4 is 5.82 Å². The van der Waals surface area contributed by atoms with E-state index in [1.165, 1.54) is 0 Å². The zero-order valence-corrected chi connectivity index (χ0v) is 11.9. The van der Waals surface area contributed by atoms with Crippen molar-refractivity contribution in [1.29, 1.82) is 0 Å². The Morgan fingerprint density at radius 3 is 2.35 bits per heavy atom. The van der Waals surface area contributed by atoms with Crippen LogP contribution in [-0.2, 0) is 6.54 Å². The third-order valence-corrected chi connectivity index (χ3v) is 3.60. The molecule has 0 aromatic carbocycles. The Balaban J connectivity index is 2.97. The minimum absolute atomic E-state index is 0.233. The molecule has 96 valence electrons. The van der Waals surface area contributed by atoms with E-state index in [2.05, 4.69) is 56.8 Å². The second kappa shape index (κ2) is 5.05. The minimum atomic E-state index is 0.233. The van der Waals surface area contributed by atoms with Crippen LogP contribution in [-0.4, -0.2) is 18.1 Å². The van der Waals surface area contributed by atoms with Crippen LogP contribution in [0.2, 0.25) is 0 Å². The van der Waals surface area contributed by atoms with Gasteiger partial charge in [-0.3, -0.25) is 0 Å². The second-order valence-electron chi connectivity index (χ2n) is 5.77. The largest absolute Gasteiger partial charge is 0.356 e. The van der Waals surface area contributed by atoms with Gasteiger partial charge in [0, 0.05) is 25.3 Å². The molecule has 1 atom stereocenters. The topological polar surface area (TPSA) is 42.2 Å². The van der Waals surface area contributed by atoms with Gasteiger partial charge in [-0.1, -0.05) is 26.8 Å². The molecule has 3 heteroatoms. The number of hydrogen-bond donors (Lipinski definition) is 1. The molecule has 0 amide bonds. The number of hydrogen-bond acceptors (Lipinski definition) is 3. The van der Waals surface area contributed by atoms with Gasteiger partial charge in [0.15, 0.2) is 0 Å². The summed E-state index contributed by atoms with van der Waals surface area (Å²) in [4.78, 5) is 6.85. The Hall–Kier alpha value is -1.09. The molecule has 1 aromatic heterocycles. The van der Waals surface area contributed by atoms with Crippen molar-refractivity contribution in [2.24, 2.45) is 11.1 Å². The van der Waals surface area contributed by atoms with Crippen molar-refractivity contribution in [2.75, 3.05) is 11.9 Å². The van der Waals surface area contributed by atoms with Gasteiger partial charge in [0.1, 0.15) is 5.82 Å². The van der Waals surface area contributed by atoms with E-state index in [1.54, 1.807) is 0 Å². The van der Waals surface area contributed by atoms with Crippen LogP contribution in [0.5, 0.6) is 0 Å². The van der Waals surface area contributed by atoms with Crippen LogP contribution in [0.3, 0.4) is 0 Å². The van der Waals surface area contributed by atoms with Gasteiger partial charge in [0.05, 0.1) is 0 Å². The Morgan fingerprint density at radius 1 is 1.35 bits per heavy atom. The van der Waals surface area contributed by atoms with Crippen LogP contribution < -0.4 is 10.6 Å². The van der Waals surface area contributed by atoms with Crippen LogP contribution in [0.1, 0.15) is 39.0 Å². The Labute approximate surface area is 105 Å². The minimum Gasteiger partial charge on any atom is -0.356 e. The maximum Gasteiger partial charge on any atom is 0.128 e. The number of nitrogens with zero attached hydrogens (tertiary/aromatic N) is 2. The first-order valence-electron chi connectivity index (χ1n) is 6.16. The monoisotopic (exact) mass is 235 g/mol. The van der Waals surface area contributed by atoms with E-state index in [0.29, 0.717) is 12.6 Å². The Bertz CT molecular complexity index is 380. The average molecular weight is 235 g/mol. The summed E-state index contributed by atoms with van der Waals surface area (Å²) in [7, 11) is 2.10. The molecule has 0 bridgehead atoms. The maximum absolute atomic E-state index is 5.65. The highest BCUT2D eigenvalue weighted by atomic mass is 15.2. The molecule has 0 aliphatic rings. The summed E-state index contributed by atoms with van der Waals surface area (Å²) in [6, 6.07) is 4.55. The Kier molecular flexibility index (Phi) is 4.15. The van der Waals surface area contributed by atoms with Crippen LogP contribution in [0.4, 0.5) is 5.82 Å². The molecule has 1 heterocycles. The van der Waals surface area contributed by atoms with E-state index in [9.17, 15) is 0 Å². The van der Waals surface area contributed by atoms with Gasteiger partial charge in [0.25, 0.3) is 0 Å². The fourth-order valence-electron chi connectivity index (χ4n) is 1.77. The van der Waals surface area contributed by atoms with E-state index in [4.69, 9.17) is 5.73 Å². The molecule has 0 radical (unpaired) electrons. The first-order valence-corrected chi connectivity index (χ1v) is 6.16. The van der Waals surface area contributed by atoms with Crippen LogP contribution >= 0.6 is 0 Å².